The lowest BCUT2D eigenvalue weighted by atomic mass is 10.1. The predicted molar refractivity (Wildman–Crippen MR) is 242 cm³/mol. The van der Waals surface area contributed by atoms with Crippen molar-refractivity contribution in [2.45, 2.75) is 258 Å². The highest BCUT2D eigenvalue weighted by atomic mass is 16.6. The number of carbonyl (C=O) groups excluding carboxylic acids is 2. The number of hydrogen-bond donors (Lipinski definition) is 0. The van der Waals surface area contributed by atoms with Crippen LogP contribution in [0.3, 0.4) is 0 Å². The lowest BCUT2D eigenvalue weighted by molar-refractivity contribution is -0.163. The van der Waals surface area contributed by atoms with E-state index in [1.807, 2.05) is 0 Å². The van der Waals surface area contributed by atoms with E-state index in [1.165, 1.54) is 154 Å². The molecule has 0 N–H and O–H groups in total. The fourth-order valence-electron chi connectivity index (χ4n) is 6.95. The summed E-state index contributed by atoms with van der Waals surface area (Å²) in [7, 11) is 0. The van der Waals surface area contributed by atoms with E-state index in [0.29, 0.717) is 19.4 Å². The van der Waals surface area contributed by atoms with Gasteiger partial charge in [-0.25, -0.2) is 0 Å². The molecule has 0 saturated heterocycles. The SMILES string of the molecule is CCC/C=C\C/C=C\CCCCCCCC(=O)OC(COCCCCCCCCCCCCCC)COC(=O)CCCCCCC/C=C\CCCCCCCC. The van der Waals surface area contributed by atoms with E-state index >= 15 is 0 Å². The molecule has 0 bridgehead atoms. The number of esters is 2. The summed E-state index contributed by atoms with van der Waals surface area (Å²) in [6.07, 6.45) is 55.7. The molecule has 1 unspecified atom stereocenters. The Labute approximate surface area is 349 Å². The largest absolute Gasteiger partial charge is 0.462 e. The fourth-order valence-corrected chi connectivity index (χ4v) is 6.95. The summed E-state index contributed by atoms with van der Waals surface area (Å²) < 4.78 is 17.3. The van der Waals surface area contributed by atoms with Gasteiger partial charge in [-0.1, -0.05) is 205 Å². The fraction of sp³-hybridized carbons (Fsp3) is 0.843. The molecule has 5 heteroatoms. The quantitative estimate of drug-likeness (QED) is 0.0349. The Kier molecular flexibility index (Phi) is 45.9. The third-order valence-corrected chi connectivity index (χ3v) is 10.6. The second kappa shape index (κ2) is 47.5. The predicted octanol–water partition coefficient (Wildman–Crippen LogP) is 16.2. The minimum absolute atomic E-state index is 0.0794. The van der Waals surface area contributed by atoms with Crippen molar-refractivity contribution in [1.82, 2.24) is 0 Å². The van der Waals surface area contributed by atoms with Gasteiger partial charge in [0.2, 0.25) is 0 Å². The lowest BCUT2D eigenvalue weighted by Crippen LogP contribution is -2.30. The van der Waals surface area contributed by atoms with Crippen LogP contribution in [-0.4, -0.2) is 37.9 Å². The first-order chi connectivity index (χ1) is 27.6. The molecule has 0 aliphatic carbocycles. The van der Waals surface area contributed by atoms with E-state index in [9.17, 15) is 9.59 Å². The molecule has 0 radical (unpaired) electrons. The average Bonchev–Trinajstić information content (AvgIpc) is 3.20. The van der Waals surface area contributed by atoms with Gasteiger partial charge in [0.15, 0.2) is 6.10 Å². The maximum absolute atomic E-state index is 12.7. The Morgan fingerprint density at radius 1 is 0.393 bits per heavy atom. The number of unbranched alkanes of at least 4 members (excludes halogenated alkanes) is 28. The van der Waals surface area contributed by atoms with E-state index in [2.05, 4.69) is 57.2 Å². The smallest absolute Gasteiger partial charge is 0.306 e. The molecule has 0 aliphatic rings. The molecule has 56 heavy (non-hydrogen) atoms. The Morgan fingerprint density at radius 3 is 1.27 bits per heavy atom. The standard InChI is InChI=1S/C51H94O5/c1-4-7-10-13-16-19-22-25-26-28-29-32-35-38-41-44-50(52)55-48-49(47-54-46-43-40-37-34-31-24-21-18-15-12-9-6-3)56-51(53)45-42-39-36-33-30-27-23-20-17-14-11-8-5-2/h11,14,20,23,25-26,49H,4-10,12-13,15-19,21-22,24,27-48H2,1-3H3/b14-11-,23-20-,26-25-. The third kappa shape index (κ3) is 44.8. The Morgan fingerprint density at radius 2 is 0.786 bits per heavy atom. The van der Waals surface area contributed by atoms with Crippen molar-refractivity contribution in [1.29, 1.82) is 0 Å². The van der Waals surface area contributed by atoms with Crippen LogP contribution < -0.4 is 0 Å². The van der Waals surface area contributed by atoms with E-state index in [0.717, 1.165) is 64.2 Å². The zero-order valence-electron chi connectivity index (χ0n) is 37.7. The van der Waals surface area contributed by atoms with Gasteiger partial charge in [-0.15, -0.1) is 0 Å². The van der Waals surface area contributed by atoms with E-state index in [1.54, 1.807) is 0 Å². The van der Waals surface area contributed by atoms with Crippen LogP contribution in [0.2, 0.25) is 0 Å². The van der Waals surface area contributed by atoms with Crippen LogP contribution in [0.5, 0.6) is 0 Å². The highest BCUT2D eigenvalue weighted by Gasteiger charge is 2.17. The molecule has 0 rings (SSSR count). The number of hydrogen-bond acceptors (Lipinski definition) is 5. The zero-order chi connectivity index (χ0) is 40.7. The third-order valence-electron chi connectivity index (χ3n) is 10.6. The van der Waals surface area contributed by atoms with Crippen LogP contribution in [0, 0.1) is 0 Å². The van der Waals surface area contributed by atoms with Crippen LogP contribution in [0.15, 0.2) is 36.5 Å². The van der Waals surface area contributed by atoms with Gasteiger partial charge >= 0.3 is 11.9 Å². The van der Waals surface area contributed by atoms with Gasteiger partial charge in [0.05, 0.1) is 6.61 Å². The molecule has 328 valence electrons. The van der Waals surface area contributed by atoms with Crippen molar-refractivity contribution >= 4 is 11.9 Å². The van der Waals surface area contributed by atoms with Crippen molar-refractivity contribution in [3.63, 3.8) is 0 Å². The minimum Gasteiger partial charge on any atom is -0.462 e. The van der Waals surface area contributed by atoms with Gasteiger partial charge in [0.25, 0.3) is 0 Å². The van der Waals surface area contributed by atoms with Gasteiger partial charge < -0.3 is 14.2 Å². The van der Waals surface area contributed by atoms with Crippen LogP contribution in [-0.2, 0) is 23.8 Å². The minimum atomic E-state index is -0.540. The first-order valence-corrected chi connectivity index (χ1v) is 24.5. The molecule has 0 heterocycles. The van der Waals surface area contributed by atoms with E-state index in [4.69, 9.17) is 14.2 Å². The van der Waals surface area contributed by atoms with Crippen LogP contribution in [0.25, 0.3) is 0 Å². The Hall–Kier alpha value is -1.88. The van der Waals surface area contributed by atoms with Crippen LogP contribution in [0.4, 0.5) is 0 Å². The summed E-state index contributed by atoms with van der Waals surface area (Å²) in [5.74, 6) is -0.413. The first-order valence-electron chi connectivity index (χ1n) is 24.5. The van der Waals surface area contributed by atoms with Gasteiger partial charge in [0, 0.05) is 19.4 Å². The second-order valence-corrected chi connectivity index (χ2v) is 16.4. The monoisotopic (exact) mass is 787 g/mol. The molecule has 5 nitrogen and oxygen atoms in total. The van der Waals surface area contributed by atoms with Gasteiger partial charge in [-0.3, -0.25) is 9.59 Å². The highest BCUT2D eigenvalue weighted by molar-refractivity contribution is 5.70. The maximum atomic E-state index is 12.7. The normalized spacial score (nSPS) is 12.4. The number of allylic oxidation sites excluding steroid dienone is 6. The van der Waals surface area contributed by atoms with Gasteiger partial charge in [-0.2, -0.15) is 0 Å². The number of rotatable bonds is 45. The molecule has 1 atom stereocenters. The number of carbonyl (C=O) groups is 2. The number of ether oxygens (including phenoxy) is 3. The van der Waals surface area contributed by atoms with Gasteiger partial charge in [0.1, 0.15) is 6.61 Å². The topological polar surface area (TPSA) is 61.8 Å². The summed E-state index contributed by atoms with van der Waals surface area (Å²) >= 11 is 0. The highest BCUT2D eigenvalue weighted by Crippen LogP contribution is 2.14. The molecular weight excluding hydrogens is 693 g/mol. The summed E-state index contributed by atoms with van der Waals surface area (Å²) in [6, 6.07) is 0. The molecule has 0 aliphatic heterocycles. The lowest BCUT2D eigenvalue weighted by Gasteiger charge is -2.18. The second-order valence-electron chi connectivity index (χ2n) is 16.4. The van der Waals surface area contributed by atoms with E-state index < -0.39 is 6.10 Å². The Balaban J connectivity index is 4.26. The average molecular weight is 787 g/mol. The molecular formula is C51H94O5. The molecule has 0 fully saturated rings. The maximum Gasteiger partial charge on any atom is 0.306 e. The summed E-state index contributed by atoms with van der Waals surface area (Å²) in [6.45, 7) is 7.76. The van der Waals surface area contributed by atoms with Crippen LogP contribution >= 0.6 is 0 Å². The van der Waals surface area contributed by atoms with Crippen molar-refractivity contribution in [2.24, 2.45) is 0 Å². The molecule has 0 saturated carbocycles. The Bertz CT molecular complexity index is 893. The summed E-state index contributed by atoms with van der Waals surface area (Å²) in [4.78, 5) is 25.3. The molecule has 0 aromatic carbocycles. The molecule has 0 aromatic rings. The first kappa shape index (κ1) is 54.1. The molecule has 0 amide bonds. The van der Waals surface area contributed by atoms with Crippen molar-refractivity contribution in [3.8, 4) is 0 Å². The van der Waals surface area contributed by atoms with Crippen LogP contribution in [0.1, 0.15) is 252 Å². The van der Waals surface area contributed by atoms with Crippen molar-refractivity contribution < 1.29 is 23.8 Å². The van der Waals surface area contributed by atoms with Crippen molar-refractivity contribution in [3.05, 3.63) is 36.5 Å². The van der Waals surface area contributed by atoms with Crippen molar-refractivity contribution in [2.75, 3.05) is 19.8 Å². The zero-order valence-corrected chi connectivity index (χ0v) is 37.7. The van der Waals surface area contributed by atoms with E-state index in [-0.39, 0.29) is 25.2 Å². The summed E-state index contributed by atoms with van der Waals surface area (Å²) in [5, 5.41) is 0. The molecule has 0 aromatic heterocycles. The molecule has 0 spiro atoms. The summed E-state index contributed by atoms with van der Waals surface area (Å²) in [5.41, 5.74) is 0. The van der Waals surface area contributed by atoms with Gasteiger partial charge in [-0.05, 0) is 70.6 Å².